The minimum atomic E-state index is -0.568. The average Bonchev–Trinajstić information content (AvgIpc) is 3.13. The number of nitrogens with zero attached hydrogens (tertiary/aromatic N) is 2. The third-order valence-electron chi connectivity index (χ3n) is 5.74. The lowest BCUT2D eigenvalue weighted by atomic mass is 10.0. The number of piperazine rings is 1. The Balaban J connectivity index is 1.48. The molecule has 1 aromatic heterocycles. The number of rotatable bonds is 4. The number of aryl methyl sites for hydroxylation is 1. The minimum absolute atomic E-state index is 0.132. The number of hydrogen-bond donors (Lipinski definition) is 1. The Morgan fingerprint density at radius 1 is 1.13 bits per heavy atom. The van der Waals surface area contributed by atoms with Crippen molar-refractivity contribution in [2.75, 3.05) is 13.1 Å². The molecule has 1 amide bonds. The fraction of sp³-hybridized carbons (Fsp3) is 0.200. The van der Waals surface area contributed by atoms with Gasteiger partial charge in [-0.1, -0.05) is 48.5 Å². The first-order chi connectivity index (χ1) is 15.1. The lowest BCUT2D eigenvalue weighted by Gasteiger charge is -2.34. The second-order valence-electron chi connectivity index (χ2n) is 7.77. The van der Waals surface area contributed by atoms with Crippen molar-refractivity contribution in [3.05, 3.63) is 89.6 Å². The Bertz CT molecular complexity index is 1260. The van der Waals surface area contributed by atoms with Gasteiger partial charge < -0.3 is 9.73 Å². The van der Waals surface area contributed by atoms with Crippen molar-refractivity contribution in [2.45, 2.75) is 19.5 Å². The Morgan fingerprint density at radius 3 is 2.81 bits per heavy atom. The third kappa shape index (κ3) is 3.70. The normalized spacial score (nSPS) is 17.1. The van der Waals surface area contributed by atoms with E-state index >= 15 is 0 Å². The van der Waals surface area contributed by atoms with Crippen molar-refractivity contribution in [1.29, 1.82) is 0 Å². The molecule has 4 aromatic rings. The number of halogens is 1. The van der Waals surface area contributed by atoms with Crippen LogP contribution in [0.25, 0.3) is 22.2 Å². The highest BCUT2D eigenvalue weighted by molar-refractivity contribution is 5.94. The van der Waals surface area contributed by atoms with Crippen LogP contribution in [0, 0.1) is 12.7 Å². The van der Waals surface area contributed by atoms with Crippen LogP contribution in [0.5, 0.6) is 0 Å². The van der Waals surface area contributed by atoms with E-state index in [4.69, 9.17) is 9.40 Å². The van der Waals surface area contributed by atoms with Gasteiger partial charge in [-0.05, 0) is 41.5 Å². The van der Waals surface area contributed by atoms with E-state index in [0.717, 1.165) is 22.0 Å². The molecule has 5 nitrogen and oxygen atoms in total. The summed E-state index contributed by atoms with van der Waals surface area (Å²) in [6.45, 7) is 3.51. The molecule has 156 valence electrons. The molecule has 1 aliphatic rings. The van der Waals surface area contributed by atoms with Gasteiger partial charge in [-0.2, -0.15) is 0 Å². The average molecular weight is 415 g/mol. The number of carbonyl (C=O) groups excluding carboxylic acids is 1. The first-order valence-corrected chi connectivity index (χ1v) is 10.3. The van der Waals surface area contributed by atoms with Gasteiger partial charge in [-0.25, -0.2) is 9.37 Å². The maximum Gasteiger partial charge on any atom is 0.242 e. The van der Waals surface area contributed by atoms with E-state index < -0.39 is 6.04 Å². The van der Waals surface area contributed by atoms with Gasteiger partial charge in [0.15, 0.2) is 0 Å². The van der Waals surface area contributed by atoms with Crippen molar-refractivity contribution < 1.29 is 13.6 Å². The number of benzene rings is 3. The van der Waals surface area contributed by atoms with Gasteiger partial charge in [0.25, 0.3) is 0 Å². The Morgan fingerprint density at radius 2 is 1.94 bits per heavy atom. The highest BCUT2D eigenvalue weighted by Crippen LogP contribution is 2.31. The van der Waals surface area contributed by atoms with Crippen LogP contribution in [0.3, 0.4) is 0 Å². The van der Waals surface area contributed by atoms with Crippen LogP contribution in [-0.4, -0.2) is 28.9 Å². The summed E-state index contributed by atoms with van der Waals surface area (Å²) in [6, 6.07) is 19.8. The molecule has 1 aliphatic heterocycles. The largest absolute Gasteiger partial charge is 0.441 e. The summed E-state index contributed by atoms with van der Waals surface area (Å²) in [5.74, 6) is 0.791. The second-order valence-corrected chi connectivity index (χ2v) is 7.77. The van der Waals surface area contributed by atoms with Crippen molar-refractivity contribution >= 4 is 16.7 Å². The van der Waals surface area contributed by atoms with E-state index in [1.54, 1.807) is 12.1 Å². The molecule has 1 atom stereocenters. The zero-order chi connectivity index (χ0) is 21.4. The maximum absolute atomic E-state index is 13.8. The molecular formula is C25H22FN3O2. The molecule has 31 heavy (non-hydrogen) atoms. The zero-order valence-corrected chi connectivity index (χ0v) is 17.1. The van der Waals surface area contributed by atoms with Crippen molar-refractivity contribution in [3.8, 4) is 11.5 Å². The van der Waals surface area contributed by atoms with E-state index in [0.29, 0.717) is 36.8 Å². The van der Waals surface area contributed by atoms with E-state index in [-0.39, 0.29) is 11.7 Å². The molecule has 0 radical (unpaired) electrons. The van der Waals surface area contributed by atoms with E-state index in [9.17, 15) is 9.18 Å². The first kappa shape index (κ1) is 19.5. The van der Waals surface area contributed by atoms with Crippen LogP contribution < -0.4 is 5.32 Å². The van der Waals surface area contributed by atoms with Gasteiger partial charge in [0, 0.05) is 25.2 Å². The second kappa shape index (κ2) is 7.96. The lowest BCUT2D eigenvalue weighted by molar-refractivity contribution is -0.129. The highest BCUT2D eigenvalue weighted by Gasteiger charge is 2.32. The number of carbonyl (C=O) groups is 1. The van der Waals surface area contributed by atoms with Gasteiger partial charge in [0.1, 0.15) is 17.6 Å². The summed E-state index contributed by atoms with van der Waals surface area (Å²) in [7, 11) is 0. The van der Waals surface area contributed by atoms with Crippen LogP contribution in [0.1, 0.15) is 23.1 Å². The number of fused-ring (bicyclic) bond motifs is 1. The molecule has 1 fully saturated rings. The predicted molar refractivity (Wildman–Crippen MR) is 117 cm³/mol. The van der Waals surface area contributed by atoms with Crippen LogP contribution >= 0.6 is 0 Å². The molecule has 0 spiro atoms. The van der Waals surface area contributed by atoms with Crippen LogP contribution in [-0.2, 0) is 11.3 Å². The SMILES string of the molecule is Cc1oc(-c2cccc3ccccc23)nc1CN1CCNC(=O)[C@@H]1c1cccc(F)c1. The van der Waals surface area contributed by atoms with E-state index in [1.807, 2.05) is 36.1 Å². The fourth-order valence-electron chi connectivity index (χ4n) is 4.22. The molecule has 2 heterocycles. The molecule has 0 unspecified atom stereocenters. The molecule has 5 rings (SSSR count). The van der Waals surface area contributed by atoms with E-state index in [1.165, 1.54) is 12.1 Å². The number of nitrogens with one attached hydrogen (secondary N) is 1. The zero-order valence-electron chi connectivity index (χ0n) is 17.1. The molecule has 1 saturated heterocycles. The molecule has 0 aliphatic carbocycles. The number of hydrogen-bond acceptors (Lipinski definition) is 4. The molecule has 1 N–H and O–H groups in total. The third-order valence-corrected chi connectivity index (χ3v) is 5.74. The molecule has 6 heteroatoms. The summed E-state index contributed by atoms with van der Waals surface area (Å²) in [5.41, 5.74) is 2.34. The molecule has 0 saturated carbocycles. The Hall–Kier alpha value is -3.51. The summed E-state index contributed by atoms with van der Waals surface area (Å²) in [4.78, 5) is 19.4. The van der Waals surface area contributed by atoms with Crippen molar-refractivity contribution in [3.63, 3.8) is 0 Å². The van der Waals surface area contributed by atoms with E-state index in [2.05, 4.69) is 23.5 Å². The summed E-state index contributed by atoms with van der Waals surface area (Å²) < 4.78 is 19.8. The topological polar surface area (TPSA) is 58.4 Å². The quantitative estimate of drug-likeness (QED) is 0.529. The maximum atomic E-state index is 13.8. The summed E-state index contributed by atoms with van der Waals surface area (Å²) in [6.07, 6.45) is 0. The smallest absolute Gasteiger partial charge is 0.242 e. The standard InChI is InChI=1S/C25H22FN3O2/c1-16-22(28-25(31-16)21-11-5-7-17-6-2-3-10-20(17)21)15-29-13-12-27-24(30)23(29)18-8-4-9-19(26)14-18/h2-11,14,23H,12-13,15H2,1H3,(H,27,30)/t23-/m0/s1. The highest BCUT2D eigenvalue weighted by atomic mass is 19.1. The van der Waals surface area contributed by atoms with Gasteiger partial charge in [-0.15, -0.1) is 0 Å². The predicted octanol–water partition coefficient (Wildman–Crippen LogP) is 4.62. The van der Waals surface area contributed by atoms with Crippen molar-refractivity contribution in [2.24, 2.45) is 0 Å². The number of aromatic nitrogens is 1. The summed E-state index contributed by atoms with van der Waals surface area (Å²) in [5, 5.41) is 5.08. The summed E-state index contributed by atoms with van der Waals surface area (Å²) >= 11 is 0. The van der Waals surface area contributed by atoms with Crippen LogP contribution in [0.15, 0.2) is 71.1 Å². The molecular weight excluding hydrogens is 393 g/mol. The number of oxazole rings is 1. The lowest BCUT2D eigenvalue weighted by Crippen LogP contribution is -2.49. The minimum Gasteiger partial charge on any atom is -0.441 e. The van der Waals surface area contributed by atoms with Gasteiger partial charge in [-0.3, -0.25) is 9.69 Å². The van der Waals surface area contributed by atoms with Crippen molar-refractivity contribution in [1.82, 2.24) is 15.2 Å². The number of amides is 1. The van der Waals surface area contributed by atoms with Gasteiger partial charge in [0.2, 0.25) is 11.8 Å². The molecule has 3 aromatic carbocycles. The first-order valence-electron chi connectivity index (χ1n) is 10.3. The van der Waals surface area contributed by atoms with Gasteiger partial charge in [0.05, 0.1) is 5.69 Å². The van der Waals surface area contributed by atoms with Crippen LogP contribution in [0.4, 0.5) is 4.39 Å². The monoisotopic (exact) mass is 415 g/mol. The van der Waals surface area contributed by atoms with Crippen LogP contribution in [0.2, 0.25) is 0 Å². The Labute approximate surface area is 179 Å². The fourth-order valence-corrected chi connectivity index (χ4v) is 4.22. The Kier molecular flexibility index (Phi) is 5.00. The molecule has 0 bridgehead atoms. The van der Waals surface area contributed by atoms with Gasteiger partial charge >= 0.3 is 0 Å².